The van der Waals surface area contributed by atoms with Crippen LogP contribution in [0.2, 0.25) is 0 Å². The fraction of sp³-hybridized carbons (Fsp3) is 0.692. The SMILES string of the molecule is CCCc1nc(N)cc(N2CCN(C)CC2C)n1. The molecule has 1 aromatic rings. The van der Waals surface area contributed by atoms with Crippen LogP contribution in [-0.4, -0.2) is 47.6 Å². The van der Waals surface area contributed by atoms with Crippen LogP contribution in [0.15, 0.2) is 6.07 Å². The standard InChI is InChI=1S/C13H23N5/c1-4-5-12-15-11(14)8-13(16-12)18-7-6-17(3)9-10(18)2/h8,10H,4-7,9H2,1-3H3,(H2,14,15,16). The molecule has 1 saturated heterocycles. The van der Waals surface area contributed by atoms with E-state index in [-0.39, 0.29) is 0 Å². The Labute approximate surface area is 109 Å². The third kappa shape index (κ3) is 2.90. The van der Waals surface area contributed by atoms with Crippen molar-refractivity contribution in [1.82, 2.24) is 14.9 Å². The molecule has 100 valence electrons. The molecule has 1 fully saturated rings. The maximum Gasteiger partial charge on any atom is 0.134 e. The lowest BCUT2D eigenvalue weighted by Gasteiger charge is -2.39. The number of hydrogen-bond donors (Lipinski definition) is 1. The lowest BCUT2D eigenvalue weighted by atomic mass is 10.2. The molecule has 1 aromatic heterocycles. The molecular formula is C13H23N5. The van der Waals surface area contributed by atoms with Gasteiger partial charge in [-0.1, -0.05) is 6.92 Å². The Kier molecular flexibility index (Phi) is 4.01. The van der Waals surface area contributed by atoms with E-state index >= 15 is 0 Å². The summed E-state index contributed by atoms with van der Waals surface area (Å²) >= 11 is 0. The number of likely N-dealkylation sites (N-methyl/N-ethyl adjacent to an activating group) is 1. The van der Waals surface area contributed by atoms with Gasteiger partial charge in [-0.05, 0) is 20.4 Å². The Morgan fingerprint density at radius 1 is 1.39 bits per heavy atom. The van der Waals surface area contributed by atoms with Crippen molar-refractivity contribution < 1.29 is 0 Å². The van der Waals surface area contributed by atoms with Gasteiger partial charge < -0.3 is 15.5 Å². The van der Waals surface area contributed by atoms with E-state index in [1.165, 1.54) is 0 Å². The number of anilines is 2. The molecule has 1 unspecified atom stereocenters. The predicted molar refractivity (Wildman–Crippen MR) is 74.7 cm³/mol. The summed E-state index contributed by atoms with van der Waals surface area (Å²) in [5.41, 5.74) is 5.88. The molecular weight excluding hydrogens is 226 g/mol. The van der Waals surface area contributed by atoms with Gasteiger partial charge >= 0.3 is 0 Å². The van der Waals surface area contributed by atoms with E-state index < -0.39 is 0 Å². The summed E-state index contributed by atoms with van der Waals surface area (Å²) in [6.45, 7) is 7.49. The quantitative estimate of drug-likeness (QED) is 0.871. The molecule has 0 amide bonds. The Hall–Kier alpha value is -1.36. The molecule has 5 nitrogen and oxygen atoms in total. The average Bonchev–Trinajstić information content (AvgIpc) is 2.28. The molecule has 2 N–H and O–H groups in total. The second-order valence-corrected chi connectivity index (χ2v) is 5.12. The molecule has 18 heavy (non-hydrogen) atoms. The minimum atomic E-state index is 0.465. The van der Waals surface area contributed by atoms with Crippen molar-refractivity contribution >= 4 is 11.6 Å². The van der Waals surface area contributed by atoms with Crippen LogP contribution in [0.25, 0.3) is 0 Å². The number of rotatable bonds is 3. The summed E-state index contributed by atoms with van der Waals surface area (Å²) in [7, 11) is 2.16. The fourth-order valence-electron chi connectivity index (χ4n) is 2.47. The summed E-state index contributed by atoms with van der Waals surface area (Å²) in [6.07, 6.45) is 1.93. The number of aromatic nitrogens is 2. The summed E-state index contributed by atoms with van der Waals surface area (Å²) in [5, 5.41) is 0. The zero-order valence-electron chi connectivity index (χ0n) is 11.6. The highest BCUT2D eigenvalue weighted by molar-refractivity contribution is 5.48. The molecule has 2 heterocycles. The van der Waals surface area contributed by atoms with E-state index in [4.69, 9.17) is 5.73 Å². The van der Waals surface area contributed by atoms with Crippen molar-refractivity contribution in [3.8, 4) is 0 Å². The van der Waals surface area contributed by atoms with E-state index in [0.717, 1.165) is 44.1 Å². The van der Waals surface area contributed by atoms with Gasteiger partial charge in [0.15, 0.2) is 0 Å². The molecule has 1 aliphatic heterocycles. The first-order chi connectivity index (χ1) is 8.60. The highest BCUT2D eigenvalue weighted by Crippen LogP contribution is 2.20. The highest BCUT2D eigenvalue weighted by atomic mass is 15.3. The molecule has 1 atom stereocenters. The first kappa shape index (κ1) is 13.1. The second-order valence-electron chi connectivity index (χ2n) is 5.12. The first-order valence-electron chi connectivity index (χ1n) is 6.68. The zero-order valence-corrected chi connectivity index (χ0v) is 11.6. The number of piperazine rings is 1. The topological polar surface area (TPSA) is 58.3 Å². The van der Waals surface area contributed by atoms with Crippen LogP contribution in [0.4, 0.5) is 11.6 Å². The van der Waals surface area contributed by atoms with E-state index in [2.05, 4.69) is 40.7 Å². The summed E-state index contributed by atoms with van der Waals surface area (Å²) in [6, 6.07) is 2.36. The molecule has 0 radical (unpaired) electrons. The van der Waals surface area contributed by atoms with Crippen LogP contribution < -0.4 is 10.6 Å². The molecule has 2 rings (SSSR count). The normalized spacial score (nSPS) is 21.3. The van der Waals surface area contributed by atoms with Crippen LogP contribution in [0.5, 0.6) is 0 Å². The van der Waals surface area contributed by atoms with Gasteiger partial charge in [0.25, 0.3) is 0 Å². The largest absolute Gasteiger partial charge is 0.384 e. The van der Waals surface area contributed by atoms with Crippen LogP contribution in [-0.2, 0) is 6.42 Å². The number of hydrogen-bond acceptors (Lipinski definition) is 5. The summed E-state index contributed by atoms with van der Waals surface area (Å²) in [4.78, 5) is 13.6. The maximum absolute atomic E-state index is 5.88. The molecule has 1 aliphatic rings. The van der Waals surface area contributed by atoms with Crippen molar-refractivity contribution in [2.45, 2.75) is 32.7 Å². The van der Waals surface area contributed by atoms with E-state index in [1.807, 2.05) is 6.07 Å². The van der Waals surface area contributed by atoms with Crippen LogP contribution in [0, 0.1) is 0 Å². The molecule has 0 aliphatic carbocycles. The first-order valence-corrected chi connectivity index (χ1v) is 6.68. The lowest BCUT2D eigenvalue weighted by Crippen LogP contribution is -2.50. The van der Waals surface area contributed by atoms with E-state index in [9.17, 15) is 0 Å². The van der Waals surface area contributed by atoms with Gasteiger partial charge in [-0.2, -0.15) is 0 Å². The number of aryl methyl sites for hydroxylation is 1. The number of nitrogens with zero attached hydrogens (tertiary/aromatic N) is 4. The van der Waals surface area contributed by atoms with Crippen molar-refractivity contribution in [2.24, 2.45) is 0 Å². The molecule has 5 heteroatoms. The van der Waals surface area contributed by atoms with E-state index in [1.54, 1.807) is 0 Å². The lowest BCUT2D eigenvalue weighted by molar-refractivity contribution is 0.274. The van der Waals surface area contributed by atoms with Gasteiger partial charge in [-0.3, -0.25) is 0 Å². The maximum atomic E-state index is 5.88. The summed E-state index contributed by atoms with van der Waals surface area (Å²) in [5.74, 6) is 2.42. The molecule has 0 spiro atoms. The van der Waals surface area contributed by atoms with Gasteiger partial charge in [0.05, 0.1) is 0 Å². The predicted octanol–water partition coefficient (Wildman–Crippen LogP) is 1.15. The van der Waals surface area contributed by atoms with Crippen molar-refractivity contribution in [1.29, 1.82) is 0 Å². The smallest absolute Gasteiger partial charge is 0.134 e. The van der Waals surface area contributed by atoms with Gasteiger partial charge in [-0.25, -0.2) is 9.97 Å². The van der Waals surface area contributed by atoms with Crippen LogP contribution in [0.1, 0.15) is 26.1 Å². The van der Waals surface area contributed by atoms with E-state index in [0.29, 0.717) is 11.9 Å². The Morgan fingerprint density at radius 2 is 2.17 bits per heavy atom. The second kappa shape index (κ2) is 5.52. The Morgan fingerprint density at radius 3 is 2.83 bits per heavy atom. The molecule has 0 bridgehead atoms. The van der Waals surface area contributed by atoms with Gasteiger partial charge in [0, 0.05) is 38.2 Å². The minimum absolute atomic E-state index is 0.465. The van der Waals surface area contributed by atoms with Crippen molar-refractivity contribution in [3.05, 3.63) is 11.9 Å². The van der Waals surface area contributed by atoms with Crippen LogP contribution in [0.3, 0.4) is 0 Å². The minimum Gasteiger partial charge on any atom is -0.384 e. The zero-order chi connectivity index (χ0) is 13.1. The van der Waals surface area contributed by atoms with Gasteiger partial charge in [0.2, 0.25) is 0 Å². The molecule has 0 aromatic carbocycles. The van der Waals surface area contributed by atoms with Crippen molar-refractivity contribution in [3.63, 3.8) is 0 Å². The van der Waals surface area contributed by atoms with Crippen LogP contribution >= 0.6 is 0 Å². The Bertz CT molecular complexity index is 406. The highest BCUT2D eigenvalue weighted by Gasteiger charge is 2.23. The Balaban J connectivity index is 2.21. The number of nitrogen functional groups attached to an aromatic ring is 1. The molecule has 0 saturated carbocycles. The number of nitrogens with two attached hydrogens (primary N) is 1. The average molecular weight is 249 g/mol. The third-order valence-electron chi connectivity index (χ3n) is 3.38. The van der Waals surface area contributed by atoms with Crippen molar-refractivity contribution in [2.75, 3.05) is 37.3 Å². The van der Waals surface area contributed by atoms with Gasteiger partial charge in [-0.15, -0.1) is 0 Å². The van der Waals surface area contributed by atoms with Gasteiger partial charge in [0.1, 0.15) is 17.5 Å². The third-order valence-corrected chi connectivity index (χ3v) is 3.38. The monoisotopic (exact) mass is 249 g/mol. The fourth-order valence-corrected chi connectivity index (χ4v) is 2.47. The summed E-state index contributed by atoms with van der Waals surface area (Å²) < 4.78 is 0.